The molecule has 0 saturated carbocycles. The molecule has 0 radical (unpaired) electrons. The van der Waals surface area contributed by atoms with Crippen molar-refractivity contribution in [2.75, 3.05) is 13.7 Å². The summed E-state index contributed by atoms with van der Waals surface area (Å²) in [7, 11) is 1.58. The third kappa shape index (κ3) is 2.99. The molecular formula is C15H18N4O3. The maximum absolute atomic E-state index is 12.7. The third-order valence-corrected chi connectivity index (χ3v) is 3.73. The van der Waals surface area contributed by atoms with Gasteiger partial charge in [0.15, 0.2) is 5.82 Å². The Morgan fingerprint density at radius 3 is 3.00 bits per heavy atom. The number of aromatic nitrogens is 3. The second-order valence-electron chi connectivity index (χ2n) is 5.23. The number of ether oxygens (including phenoxy) is 1. The molecule has 1 fully saturated rings. The molecule has 0 N–H and O–H groups in total. The standard InChI is InChI=1S/C15H18N4O3/c1-21-10-13-17-14(22-18-13)12-4-2-3-9-19(12)15(20)11-5-7-16-8-6-11/h5-8,12H,2-4,9-10H2,1H3. The van der Waals surface area contributed by atoms with Gasteiger partial charge in [-0.15, -0.1) is 0 Å². The highest BCUT2D eigenvalue weighted by Crippen LogP contribution is 2.31. The Kier molecular flexibility index (Phi) is 4.43. The molecule has 1 amide bonds. The van der Waals surface area contributed by atoms with Crippen molar-refractivity contribution in [1.29, 1.82) is 0 Å². The maximum Gasteiger partial charge on any atom is 0.254 e. The molecule has 22 heavy (non-hydrogen) atoms. The number of methoxy groups -OCH3 is 1. The molecule has 0 bridgehead atoms. The predicted octanol–water partition coefficient (Wildman–Crippen LogP) is 1.98. The second kappa shape index (κ2) is 6.65. The van der Waals surface area contributed by atoms with Crippen LogP contribution in [0.2, 0.25) is 0 Å². The summed E-state index contributed by atoms with van der Waals surface area (Å²) in [6, 6.07) is 3.27. The summed E-state index contributed by atoms with van der Waals surface area (Å²) in [6.45, 7) is 0.988. The minimum Gasteiger partial charge on any atom is -0.377 e. The van der Waals surface area contributed by atoms with Gasteiger partial charge in [0.1, 0.15) is 12.6 Å². The number of hydrogen-bond donors (Lipinski definition) is 0. The van der Waals surface area contributed by atoms with E-state index in [1.54, 1.807) is 31.6 Å². The molecule has 3 rings (SSSR count). The van der Waals surface area contributed by atoms with E-state index in [0.29, 0.717) is 30.4 Å². The Morgan fingerprint density at radius 1 is 1.41 bits per heavy atom. The van der Waals surface area contributed by atoms with Crippen LogP contribution in [0.3, 0.4) is 0 Å². The molecule has 1 aliphatic heterocycles. The Hall–Kier alpha value is -2.28. The Labute approximate surface area is 128 Å². The van der Waals surface area contributed by atoms with Gasteiger partial charge in [0.2, 0.25) is 5.89 Å². The first kappa shape index (κ1) is 14.6. The van der Waals surface area contributed by atoms with E-state index in [1.165, 1.54) is 0 Å². The van der Waals surface area contributed by atoms with Crippen molar-refractivity contribution in [3.63, 3.8) is 0 Å². The molecule has 1 atom stereocenters. The van der Waals surface area contributed by atoms with Crippen LogP contribution in [0.15, 0.2) is 29.0 Å². The van der Waals surface area contributed by atoms with E-state index in [4.69, 9.17) is 9.26 Å². The van der Waals surface area contributed by atoms with Crippen molar-refractivity contribution in [3.8, 4) is 0 Å². The molecular weight excluding hydrogens is 284 g/mol. The van der Waals surface area contributed by atoms with E-state index < -0.39 is 0 Å². The van der Waals surface area contributed by atoms with Crippen LogP contribution in [0.5, 0.6) is 0 Å². The van der Waals surface area contributed by atoms with Crippen LogP contribution in [-0.2, 0) is 11.3 Å². The fourth-order valence-electron chi connectivity index (χ4n) is 2.68. The Bertz CT molecular complexity index is 629. The number of pyridine rings is 1. The fraction of sp³-hybridized carbons (Fsp3) is 0.467. The lowest BCUT2D eigenvalue weighted by atomic mass is 10.0. The number of amides is 1. The molecule has 1 saturated heterocycles. The van der Waals surface area contributed by atoms with Crippen LogP contribution in [0.25, 0.3) is 0 Å². The first-order chi connectivity index (χ1) is 10.8. The molecule has 0 aromatic carbocycles. The molecule has 3 heterocycles. The van der Waals surface area contributed by atoms with Crippen LogP contribution in [0, 0.1) is 0 Å². The third-order valence-electron chi connectivity index (χ3n) is 3.73. The lowest BCUT2D eigenvalue weighted by Crippen LogP contribution is -2.38. The number of carbonyl (C=O) groups is 1. The van der Waals surface area contributed by atoms with Crippen LogP contribution in [0.1, 0.15) is 47.4 Å². The Balaban J connectivity index is 1.83. The first-order valence-corrected chi connectivity index (χ1v) is 7.32. The summed E-state index contributed by atoms with van der Waals surface area (Å²) in [5.41, 5.74) is 0.624. The molecule has 2 aromatic rings. The number of likely N-dealkylation sites (tertiary alicyclic amines) is 1. The molecule has 2 aromatic heterocycles. The van der Waals surface area contributed by atoms with E-state index >= 15 is 0 Å². The molecule has 116 valence electrons. The van der Waals surface area contributed by atoms with Crippen molar-refractivity contribution in [1.82, 2.24) is 20.0 Å². The van der Waals surface area contributed by atoms with Crippen molar-refractivity contribution < 1.29 is 14.1 Å². The number of hydrogen-bond acceptors (Lipinski definition) is 6. The molecule has 1 aliphatic rings. The van der Waals surface area contributed by atoms with Crippen LogP contribution in [-0.4, -0.2) is 39.6 Å². The number of nitrogens with zero attached hydrogens (tertiary/aromatic N) is 4. The number of carbonyl (C=O) groups excluding carboxylic acids is 1. The lowest BCUT2D eigenvalue weighted by molar-refractivity contribution is 0.0561. The summed E-state index contributed by atoms with van der Waals surface area (Å²) in [5.74, 6) is 0.951. The Morgan fingerprint density at radius 2 is 2.23 bits per heavy atom. The zero-order valence-corrected chi connectivity index (χ0v) is 12.4. The average molecular weight is 302 g/mol. The topological polar surface area (TPSA) is 81.4 Å². The fourth-order valence-corrected chi connectivity index (χ4v) is 2.68. The molecule has 1 unspecified atom stereocenters. The van der Waals surface area contributed by atoms with Gasteiger partial charge in [-0.25, -0.2) is 0 Å². The number of piperidine rings is 1. The van der Waals surface area contributed by atoms with Crippen LogP contribution >= 0.6 is 0 Å². The van der Waals surface area contributed by atoms with Gasteiger partial charge in [0, 0.05) is 31.6 Å². The van der Waals surface area contributed by atoms with Gasteiger partial charge < -0.3 is 14.2 Å². The van der Waals surface area contributed by atoms with Gasteiger partial charge >= 0.3 is 0 Å². The van der Waals surface area contributed by atoms with Crippen molar-refractivity contribution in [3.05, 3.63) is 41.8 Å². The predicted molar refractivity (Wildman–Crippen MR) is 76.9 cm³/mol. The van der Waals surface area contributed by atoms with E-state index in [2.05, 4.69) is 15.1 Å². The minimum absolute atomic E-state index is 0.0291. The zero-order valence-electron chi connectivity index (χ0n) is 12.4. The largest absolute Gasteiger partial charge is 0.377 e. The maximum atomic E-state index is 12.7. The highest BCUT2D eigenvalue weighted by Gasteiger charge is 2.32. The van der Waals surface area contributed by atoms with E-state index in [1.807, 2.05) is 4.90 Å². The highest BCUT2D eigenvalue weighted by molar-refractivity contribution is 5.94. The molecule has 7 heteroatoms. The summed E-state index contributed by atoms with van der Waals surface area (Å²) in [5, 5.41) is 3.89. The quantitative estimate of drug-likeness (QED) is 0.859. The lowest BCUT2D eigenvalue weighted by Gasteiger charge is -2.33. The van der Waals surface area contributed by atoms with E-state index in [-0.39, 0.29) is 11.9 Å². The van der Waals surface area contributed by atoms with Gasteiger partial charge in [0.25, 0.3) is 5.91 Å². The smallest absolute Gasteiger partial charge is 0.254 e. The molecule has 0 aliphatic carbocycles. The van der Waals surface area contributed by atoms with Gasteiger partial charge in [-0.3, -0.25) is 9.78 Å². The molecule has 0 spiro atoms. The average Bonchev–Trinajstić information content (AvgIpc) is 3.04. The van der Waals surface area contributed by atoms with Crippen molar-refractivity contribution >= 4 is 5.91 Å². The molecule has 7 nitrogen and oxygen atoms in total. The van der Waals surface area contributed by atoms with Crippen molar-refractivity contribution in [2.24, 2.45) is 0 Å². The van der Waals surface area contributed by atoms with E-state index in [0.717, 1.165) is 19.3 Å². The van der Waals surface area contributed by atoms with Gasteiger partial charge in [0.05, 0.1) is 0 Å². The monoisotopic (exact) mass is 302 g/mol. The second-order valence-corrected chi connectivity index (χ2v) is 5.23. The summed E-state index contributed by atoms with van der Waals surface area (Å²) in [6.07, 6.45) is 6.08. The summed E-state index contributed by atoms with van der Waals surface area (Å²) in [4.78, 5) is 22.8. The zero-order chi connectivity index (χ0) is 15.4. The van der Waals surface area contributed by atoms with Crippen LogP contribution < -0.4 is 0 Å². The SMILES string of the molecule is COCc1noc(C2CCCCN2C(=O)c2ccncc2)n1. The normalized spacial score (nSPS) is 18.4. The van der Waals surface area contributed by atoms with E-state index in [9.17, 15) is 4.79 Å². The van der Waals surface area contributed by atoms with Gasteiger partial charge in [-0.2, -0.15) is 4.98 Å². The first-order valence-electron chi connectivity index (χ1n) is 7.32. The van der Waals surface area contributed by atoms with Gasteiger partial charge in [-0.05, 0) is 31.4 Å². The van der Waals surface area contributed by atoms with Crippen LogP contribution in [0.4, 0.5) is 0 Å². The van der Waals surface area contributed by atoms with Gasteiger partial charge in [-0.1, -0.05) is 5.16 Å². The minimum atomic E-state index is -0.174. The number of rotatable bonds is 4. The van der Waals surface area contributed by atoms with Crippen molar-refractivity contribution in [2.45, 2.75) is 31.9 Å². The summed E-state index contributed by atoms with van der Waals surface area (Å²) < 4.78 is 10.3. The summed E-state index contributed by atoms with van der Waals surface area (Å²) >= 11 is 0. The highest BCUT2D eigenvalue weighted by atomic mass is 16.5.